The van der Waals surface area contributed by atoms with Gasteiger partial charge in [0.2, 0.25) is 11.8 Å². The normalized spacial score (nSPS) is 27.8. The van der Waals surface area contributed by atoms with E-state index in [0.717, 1.165) is 5.56 Å². The first-order valence-corrected chi connectivity index (χ1v) is 7.43. The highest BCUT2D eigenvalue weighted by atomic mass is 16.2. The molecule has 2 amide bonds. The van der Waals surface area contributed by atoms with Gasteiger partial charge in [0, 0.05) is 12.6 Å². The van der Waals surface area contributed by atoms with Crippen molar-refractivity contribution in [1.82, 2.24) is 4.90 Å². The standard InChI is InChI=1S/C17H22N2O2/c1-9-5-6-11(7-10(9)2)12(18)8-19-15(20)13-14(16(19)21)17(13,3)4/h5-7,12-14H,8,18H2,1-4H3. The van der Waals surface area contributed by atoms with E-state index in [0.29, 0.717) is 0 Å². The van der Waals surface area contributed by atoms with Gasteiger partial charge in [-0.3, -0.25) is 14.5 Å². The summed E-state index contributed by atoms with van der Waals surface area (Å²) in [5, 5.41) is 0. The van der Waals surface area contributed by atoms with Crippen LogP contribution >= 0.6 is 0 Å². The summed E-state index contributed by atoms with van der Waals surface area (Å²) >= 11 is 0. The summed E-state index contributed by atoms with van der Waals surface area (Å²) < 4.78 is 0. The minimum Gasteiger partial charge on any atom is -0.322 e. The van der Waals surface area contributed by atoms with Crippen LogP contribution in [0.5, 0.6) is 0 Å². The lowest BCUT2D eigenvalue weighted by molar-refractivity contribution is -0.143. The zero-order chi connectivity index (χ0) is 15.5. The van der Waals surface area contributed by atoms with Crippen molar-refractivity contribution >= 4 is 11.8 Å². The third-order valence-electron chi connectivity index (χ3n) is 5.23. The second-order valence-electron chi connectivity index (χ2n) is 7.01. The number of carbonyl (C=O) groups excluding carboxylic acids is 2. The number of nitrogens with two attached hydrogens (primary N) is 1. The van der Waals surface area contributed by atoms with Gasteiger partial charge in [0.05, 0.1) is 11.8 Å². The number of nitrogens with zero attached hydrogens (tertiary/aromatic N) is 1. The second kappa shape index (κ2) is 4.41. The number of benzene rings is 1. The van der Waals surface area contributed by atoms with Crippen molar-refractivity contribution in [2.45, 2.75) is 33.7 Å². The summed E-state index contributed by atoms with van der Waals surface area (Å²) in [5.74, 6) is -0.350. The molecule has 0 bridgehead atoms. The molecule has 1 saturated carbocycles. The Balaban J connectivity index is 1.74. The predicted octanol–water partition coefficient (Wildman–Crippen LogP) is 1.94. The van der Waals surface area contributed by atoms with Gasteiger partial charge in [-0.25, -0.2) is 0 Å². The van der Waals surface area contributed by atoms with E-state index >= 15 is 0 Å². The number of amides is 2. The number of piperidine rings is 1. The van der Waals surface area contributed by atoms with E-state index in [1.807, 2.05) is 45.9 Å². The van der Waals surface area contributed by atoms with Crippen molar-refractivity contribution in [3.8, 4) is 0 Å². The lowest BCUT2D eigenvalue weighted by Gasteiger charge is -2.24. The fraction of sp³-hybridized carbons (Fsp3) is 0.529. The maximum Gasteiger partial charge on any atom is 0.233 e. The van der Waals surface area contributed by atoms with E-state index in [1.165, 1.54) is 16.0 Å². The van der Waals surface area contributed by atoms with Crippen LogP contribution in [0.3, 0.4) is 0 Å². The van der Waals surface area contributed by atoms with Crippen molar-refractivity contribution in [3.63, 3.8) is 0 Å². The highest BCUT2D eigenvalue weighted by Crippen LogP contribution is 2.63. The molecule has 2 N–H and O–H groups in total. The van der Waals surface area contributed by atoms with Gasteiger partial charge in [-0.2, -0.15) is 0 Å². The van der Waals surface area contributed by atoms with Crippen LogP contribution in [0.4, 0.5) is 0 Å². The SMILES string of the molecule is Cc1ccc(C(N)CN2C(=O)C3C(C2=O)C3(C)C)cc1C. The Morgan fingerprint density at radius 2 is 1.71 bits per heavy atom. The number of hydrogen-bond donors (Lipinski definition) is 1. The number of imide groups is 1. The highest BCUT2D eigenvalue weighted by molar-refractivity contribution is 6.10. The van der Waals surface area contributed by atoms with E-state index in [1.54, 1.807) is 0 Å². The molecular formula is C17H22N2O2. The number of aryl methyl sites for hydroxylation is 2. The van der Waals surface area contributed by atoms with Crippen molar-refractivity contribution in [1.29, 1.82) is 0 Å². The van der Waals surface area contributed by atoms with Crippen molar-refractivity contribution < 1.29 is 9.59 Å². The topological polar surface area (TPSA) is 63.4 Å². The van der Waals surface area contributed by atoms with E-state index in [-0.39, 0.29) is 41.7 Å². The molecule has 0 radical (unpaired) electrons. The van der Waals surface area contributed by atoms with E-state index in [2.05, 4.69) is 0 Å². The highest BCUT2D eigenvalue weighted by Gasteiger charge is 2.72. The first kappa shape index (κ1) is 14.3. The van der Waals surface area contributed by atoms with Crippen molar-refractivity contribution in [2.24, 2.45) is 23.0 Å². The summed E-state index contributed by atoms with van der Waals surface area (Å²) in [6.45, 7) is 8.34. The van der Waals surface area contributed by atoms with Gasteiger partial charge in [-0.15, -0.1) is 0 Å². The molecule has 21 heavy (non-hydrogen) atoms. The lowest BCUT2D eigenvalue weighted by Crippen LogP contribution is -2.40. The van der Waals surface area contributed by atoms with Gasteiger partial charge in [0.1, 0.15) is 0 Å². The smallest absolute Gasteiger partial charge is 0.233 e. The van der Waals surface area contributed by atoms with Gasteiger partial charge in [-0.05, 0) is 36.0 Å². The van der Waals surface area contributed by atoms with E-state index < -0.39 is 0 Å². The van der Waals surface area contributed by atoms with Crippen LogP contribution < -0.4 is 5.73 Å². The molecule has 1 aromatic carbocycles. The van der Waals surface area contributed by atoms with Gasteiger partial charge in [0.15, 0.2) is 0 Å². The van der Waals surface area contributed by atoms with Crippen LogP contribution in [0, 0.1) is 31.1 Å². The fourth-order valence-electron chi connectivity index (χ4n) is 3.48. The molecule has 4 heteroatoms. The average molecular weight is 286 g/mol. The summed E-state index contributed by atoms with van der Waals surface area (Å²) in [5.41, 5.74) is 9.40. The molecule has 3 rings (SSSR count). The van der Waals surface area contributed by atoms with Crippen LogP contribution in [0.15, 0.2) is 18.2 Å². The molecule has 3 atom stereocenters. The van der Waals surface area contributed by atoms with Crippen molar-refractivity contribution in [2.75, 3.05) is 6.54 Å². The number of rotatable bonds is 3. The summed E-state index contributed by atoms with van der Waals surface area (Å²) in [7, 11) is 0. The monoisotopic (exact) mass is 286 g/mol. The fourth-order valence-corrected chi connectivity index (χ4v) is 3.48. The first-order valence-electron chi connectivity index (χ1n) is 7.43. The number of fused-ring (bicyclic) bond motifs is 1. The molecule has 112 valence electrons. The molecule has 1 saturated heterocycles. The molecule has 3 unspecified atom stereocenters. The van der Waals surface area contributed by atoms with Gasteiger partial charge in [-0.1, -0.05) is 32.0 Å². The summed E-state index contributed by atoms with van der Waals surface area (Å²) in [4.78, 5) is 26.0. The Labute approximate surface area is 125 Å². The zero-order valence-corrected chi connectivity index (χ0v) is 13.0. The van der Waals surface area contributed by atoms with Crippen molar-refractivity contribution in [3.05, 3.63) is 34.9 Å². The Bertz CT molecular complexity index is 612. The van der Waals surface area contributed by atoms with E-state index in [4.69, 9.17) is 5.73 Å². The lowest BCUT2D eigenvalue weighted by atomic mass is 10.0. The minimum atomic E-state index is -0.321. The third kappa shape index (κ3) is 2.01. The molecule has 1 aromatic rings. The molecule has 2 aliphatic rings. The van der Waals surface area contributed by atoms with Crippen LogP contribution in [0.25, 0.3) is 0 Å². The maximum absolute atomic E-state index is 12.3. The Morgan fingerprint density at radius 1 is 1.14 bits per heavy atom. The van der Waals surface area contributed by atoms with Crippen LogP contribution in [-0.4, -0.2) is 23.3 Å². The number of hydrogen-bond acceptors (Lipinski definition) is 3. The molecule has 0 spiro atoms. The Kier molecular flexibility index (Phi) is 2.99. The average Bonchev–Trinajstić information content (AvgIpc) is 2.89. The van der Waals surface area contributed by atoms with E-state index in [9.17, 15) is 9.59 Å². The molecule has 2 fully saturated rings. The van der Waals surface area contributed by atoms with Crippen LogP contribution in [0.1, 0.15) is 36.6 Å². The summed E-state index contributed by atoms with van der Waals surface area (Å²) in [6, 6.07) is 5.72. The summed E-state index contributed by atoms with van der Waals surface area (Å²) in [6.07, 6.45) is 0. The van der Waals surface area contributed by atoms with Crippen LogP contribution in [-0.2, 0) is 9.59 Å². The zero-order valence-electron chi connectivity index (χ0n) is 13.0. The Hall–Kier alpha value is -1.68. The van der Waals surface area contributed by atoms with Gasteiger partial charge < -0.3 is 5.73 Å². The second-order valence-corrected chi connectivity index (χ2v) is 7.01. The molecule has 1 aliphatic heterocycles. The Morgan fingerprint density at radius 3 is 2.24 bits per heavy atom. The number of likely N-dealkylation sites (tertiary alicyclic amines) is 1. The molecule has 1 aliphatic carbocycles. The van der Waals surface area contributed by atoms with Gasteiger partial charge in [0.25, 0.3) is 0 Å². The quantitative estimate of drug-likeness (QED) is 0.864. The number of carbonyl (C=O) groups is 2. The van der Waals surface area contributed by atoms with Crippen LogP contribution in [0.2, 0.25) is 0 Å². The molecular weight excluding hydrogens is 264 g/mol. The molecule has 1 heterocycles. The minimum absolute atomic E-state index is 0.0470. The third-order valence-corrected chi connectivity index (χ3v) is 5.23. The molecule has 0 aromatic heterocycles. The molecule has 4 nitrogen and oxygen atoms in total. The predicted molar refractivity (Wildman–Crippen MR) is 80.3 cm³/mol. The maximum atomic E-state index is 12.3. The first-order chi connectivity index (χ1) is 9.75. The largest absolute Gasteiger partial charge is 0.322 e. The van der Waals surface area contributed by atoms with Gasteiger partial charge >= 0.3 is 0 Å².